The van der Waals surface area contributed by atoms with Crippen LogP contribution in [0.5, 0.6) is 5.75 Å². The highest BCUT2D eigenvalue weighted by molar-refractivity contribution is 6.34. The van der Waals surface area contributed by atoms with Crippen molar-refractivity contribution in [3.8, 4) is 5.75 Å². The predicted molar refractivity (Wildman–Crippen MR) is 143 cm³/mol. The third kappa shape index (κ3) is 4.53. The minimum Gasteiger partial charge on any atom is -0.501 e. The molecule has 12 heteroatoms. The van der Waals surface area contributed by atoms with E-state index in [1.807, 2.05) is 0 Å². The first kappa shape index (κ1) is 27.8. The zero-order chi connectivity index (χ0) is 28.8. The number of rotatable bonds is 5. The maximum absolute atomic E-state index is 13.7. The van der Waals surface area contributed by atoms with Crippen molar-refractivity contribution in [2.45, 2.75) is 62.7 Å². The molecule has 3 aliphatic heterocycles. The van der Waals surface area contributed by atoms with Crippen LogP contribution in [0.25, 0.3) is 0 Å². The summed E-state index contributed by atoms with van der Waals surface area (Å²) in [6.45, 7) is 2.09. The standard InChI is InChI=1S/C28H35FN6O5/c1-32(2)24(39)25(40)33(3)28-12-10-27(11-13-28,34-14-4-5-15-34)17-35-23(38)21(36)20(31-26(28)35)22(37)30-16-18-6-8-19(29)9-7-18/h6-9,36H,4-5,10-17H2,1-3H3,(H,30,37). The molecular formula is C28H35FN6O5. The average Bonchev–Trinajstić information content (AvgIpc) is 3.41. The maximum atomic E-state index is 13.7. The normalized spacial score (nSPS) is 23.8. The van der Waals surface area contributed by atoms with Crippen LogP contribution < -0.4 is 10.9 Å². The van der Waals surface area contributed by atoms with Gasteiger partial charge in [-0.05, 0) is 69.3 Å². The second-order valence-electron chi connectivity index (χ2n) is 11.3. The number of nitrogens with one attached hydrogen (secondary N) is 1. The zero-order valence-corrected chi connectivity index (χ0v) is 23.1. The Bertz CT molecular complexity index is 1390. The Kier molecular flexibility index (Phi) is 7.15. The van der Waals surface area contributed by atoms with E-state index in [-0.39, 0.29) is 24.5 Å². The van der Waals surface area contributed by atoms with Gasteiger partial charge >= 0.3 is 11.8 Å². The first-order valence-corrected chi connectivity index (χ1v) is 13.6. The Morgan fingerprint density at radius 3 is 2.25 bits per heavy atom. The number of carbonyl (C=O) groups is 3. The SMILES string of the molecule is CN(C)C(=O)C(=O)N(C)C12CCC(N3CCCC3)(CC1)Cn1c2nc(C(=O)NCc2ccc(F)cc2)c(O)c1=O. The van der Waals surface area contributed by atoms with Gasteiger partial charge < -0.3 is 20.2 Å². The number of fused-ring (bicyclic) bond motifs is 2. The van der Waals surface area contributed by atoms with E-state index in [1.54, 1.807) is 0 Å². The number of aromatic hydroxyl groups is 1. The highest BCUT2D eigenvalue weighted by Gasteiger charge is 2.56. The van der Waals surface area contributed by atoms with Crippen LogP contribution in [-0.2, 0) is 28.2 Å². The lowest BCUT2D eigenvalue weighted by molar-refractivity contribution is -0.155. The fourth-order valence-corrected chi connectivity index (χ4v) is 6.50. The van der Waals surface area contributed by atoms with Crippen LogP contribution in [0.4, 0.5) is 4.39 Å². The molecule has 4 heterocycles. The van der Waals surface area contributed by atoms with E-state index in [2.05, 4.69) is 15.2 Å². The molecule has 1 saturated carbocycles. The van der Waals surface area contributed by atoms with Gasteiger partial charge in [0.2, 0.25) is 5.75 Å². The van der Waals surface area contributed by atoms with Crippen molar-refractivity contribution < 1.29 is 23.9 Å². The Labute approximate surface area is 231 Å². The van der Waals surface area contributed by atoms with Gasteiger partial charge in [-0.25, -0.2) is 9.37 Å². The summed E-state index contributed by atoms with van der Waals surface area (Å²) in [4.78, 5) is 62.5. The van der Waals surface area contributed by atoms with Gasteiger partial charge in [-0.15, -0.1) is 0 Å². The van der Waals surface area contributed by atoms with E-state index in [0.29, 0.717) is 31.2 Å². The van der Waals surface area contributed by atoms with E-state index < -0.39 is 46.1 Å². The number of hydrogen-bond donors (Lipinski definition) is 2. The van der Waals surface area contributed by atoms with Crippen molar-refractivity contribution in [3.05, 3.63) is 57.5 Å². The van der Waals surface area contributed by atoms with E-state index in [9.17, 15) is 28.7 Å². The van der Waals surface area contributed by atoms with Crippen LogP contribution in [0.15, 0.2) is 29.1 Å². The summed E-state index contributed by atoms with van der Waals surface area (Å²) in [5.74, 6) is -3.20. The molecule has 11 nitrogen and oxygen atoms in total. The number of benzene rings is 1. The number of likely N-dealkylation sites (tertiary alicyclic amines) is 1. The van der Waals surface area contributed by atoms with Crippen LogP contribution in [-0.4, -0.2) is 86.9 Å². The number of amides is 3. The second-order valence-corrected chi connectivity index (χ2v) is 11.3. The Balaban J connectivity index is 1.58. The molecule has 4 aliphatic rings. The molecule has 1 saturated heterocycles. The number of aromatic nitrogens is 2. The number of carbonyl (C=O) groups excluding carboxylic acids is 3. The van der Waals surface area contributed by atoms with Gasteiger partial charge in [-0.2, -0.15) is 0 Å². The molecule has 1 aromatic carbocycles. The first-order chi connectivity index (χ1) is 19.0. The van der Waals surface area contributed by atoms with Crippen LogP contribution in [0.3, 0.4) is 0 Å². The quantitative estimate of drug-likeness (QED) is 0.532. The van der Waals surface area contributed by atoms with Crippen LogP contribution in [0.1, 0.15) is 60.4 Å². The fraction of sp³-hybridized carbons (Fsp3) is 0.536. The Hall–Kier alpha value is -3.80. The van der Waals surface area contributed by atoms with Gasteiger partial charge in [-0.1, -0.05) is 12.1 Å². The van der Waals surface area contributed by atoms with Gasteiger partial charge in [0.15, 0.2) is 5.69 Å². The van der Waals surface area contributed by atoms with Crippen molar-refractivity contribution in [1.29, 1.82) is 0 Å². The molecule has 0 spiro atoms. The molecule has 1 aromatic heterocycles. The van der Waals surface area contributed by atoms with E-state index in [0.717, 1.165) is 25.9 Å². The molecule has 2 bridgehead atoms. The maximum Gasteiger partial charge on any atom is 0.312 e. The van der Waals surface area contributed by atoms with E-state index in [4.69, 9.17) is 0 Å². The molecule has 1 aliphatic carbocycles. The number of hydrogen-bond acceptors (Lipinski definition) is 7. The van der Waals surface area contributed by atoms with Gasteiger partial charge in [0.05, 0.1) is 0 Å². The largest absolute Gasteiger partial charge is 0.501 e. The topological polar surface area (TPSA) is 128 Å². The Morgan fingerprint density at radius 2 is 1.65 bits per heavy atom. The summed E-state index contributed by atoms with van der Waals surface area (Å²) in [6, 6.07) is 5.57. The summed E-state index contributed by atoms with van der Waals surface area (Å²) in [7, 11) is 4.53. The van der Waals surface area contributed by atoms with Crippen molar-refractivity contribution in [1.82, 2.24) is 29.6 Å². The highest BCUT2D eigenvalue weighted by Crippen LogP contribution is 2.50. The number of likely N-dealkylation sites (N-methyl/N-ethyl adjacent to an activating group) is 2. The molecule has 2 aromatic rings. The fourth-order valence-electron chi connectivity index (χ4n) is 6.50. The monoisotopic (exact) mass is 554 g/mol. The molecule has 3 amide bonds. The van der Waals surface area contributed by atoms with Gasteiger partial charge in [0.25, 0.3) is 11.5 Å². The van der Waals surface area contributed by atoms with Crippen LogP contribution in [0, 0.1) is 5.82 Å². The molecule has 6 rings (SSSR count). The van der Waals surface area contributed by atoms with Crippen molar-refractivity contribution in [2.24, 2.45) is 0 Å². The van der Waals surface area contributed by atoms with Crippen molar-refractivity contribution >= 4 is 17.7 Å². The van der Waals surface area contributed by atoms with Crippen molar-refractivity contribution in [2.75, 3.05) is 34.2 Å². The summed E-state index contributed by atoms with van der Waals surface area (Å²) < 4.78 is 14.7. The molecule has 0 atom stereocenters. The molecular weight excluding hydrogens is 519 g/mol. The number of nitrogens with zero attached hydrogens (tertiary/aromatic N) is 5. The van der Waals surface area contributed by atoms with Crippen molar-refractivity contribution in [3.63, 3.8) is 0 Å². The minimum atomic E-state index is -1.12. The lowest BCUT2D eigenvalue weighted by atomic mass is 9.71. The summed E-state index contributed by atoms with van der Waals surface area (Å²) in [5.41, 5.74) is -2.06. The van der Waals surface area contributed by atoms with Crippen LogP contribution in [0.2, 0.25) is 0 Å². The third-order valence-corrected chi connectivity index (χ3v) is 8.92. The Morgan fingerprint density at radius 1 is 1.02 bits per heavy atom. The van der Waals surface area contributed by atoms with Crippen LogP contribution >= 0.6 is 0 Å². The van der Waals surface area contributed by atoms with Gasteiger partial charge in [-0.3, -0.25) is 28.6 Å². The molecule has 214 valence electrons. The van der Waals surface area contributed by atoms with E-state index in [1.165, 1.54) is 59.8 Å². The predicted octanol–water partition coefficient (Wildman–Crippen LogP) is 1.18. The van der Waals surface area contributed by atoms with Gasteiger partial charge in [0, 0.05) is 39.8 Å². The molecule has 0 radical (unpaired) electrons. The summed E-state index contributed by atoms with van der Waals surface area (Å²) in [6.07, 6.45) is 4.33. The second kappa shape index (κ2) is 10.3. The first-order valence-electron chi connectivity index (χ1n) is 13.6. The summed E-state index contributed by atoms with van der Waals surface area (Å²) in [5, 5.41) is 13.6. The molecule has 40 heavy (non-hydrogen) atoms. The van der Waals surface area contributed by atoms with E-state index >= 15 is 0 Å². The lowest BCUT2D eigenvalue weighted by Crippen LogP contribution is -2.57. The smallest absolute Gasteiger partial charge is 0.312 e. The lowest BCUT2D eigenvalue weighted by Gasteiger charge is -2.49. The molecule has 0 unspecified atom stereocenters. The van der Waals surface area contributed by atoms with Gasteiger partial charge in [0.1, 0.15) is 17.2 Å². The third-order valence-electron chi connectivity index (χ3n) is 8.92. The zero-order valence-electron chi connectivity index (χ0n) is 23.1. The molecule has 2 fully saturated rings. The summed E-state index contributed by atoms with van der Waals surface area (Å²) >= 11 is 0. The minimum absolute atomic E-state index is 0.0254. The average molecular weight is 555 g/mol. The highest BCUT2D eigenvalue weighted by atomic mass is 19.1. The molecule has 2 N–H and O–H groups in total. The number of halogens is 1.